The zero-order valence-corrected chi connectivity index (χ0v) is 12.9. The molecule has 0 amide bonds. The van der Waals surface area contributed by atoms with Crippen molar-refractivity contribution in [2.75, 3.05) is 0 Å². The standard InChI is InChI=1S/C12H8Br2F2OS/c13-10-5-7(12(14)18-10)9(17)4-6-2-1-3-8(15)11(6)16/h1-3,5,9,17H,4H2. The first kappa shape index (κ1) is 14.1. The van der Waals surface area contributed by atoms with E-state index in [0.717, 1.165) is 13.6 Å². The molecule has 0 aliphatic carbocycles. The Morgan fingerprint density at radius 2 is 2.00 bits per heavy atom. The Labute approximate surface area is 124 Å². The minimum absolute atomic E-state index is 0.0331. The number of hydrogen-bond acceptors (Lipinski definition) is 2. The lowest BCUT2D eigenvalue weighted by molar-refractivity contribution is 0.176. The summed E-state index contributed by atoms with van der Waals surface area (Å²) in [5.74, 6) is -1.80. The van der Waals surface area contributed by atoms with E-state index in [9.17, 15) is 13.9 Å². The van der Waals surface area contributed by atoms with Crippen LogP contribution >= 0.6 is 43.2 Å². The molecule has 96 valence electrons. The van der Waals surface area contributed by atoms with Crippen molar-refractivity contribution in [3.8, 4) is 0 Å². The Morgan fingerprint density at radius 3 is 2.61 bits per heavy atom. The van der Waals surface area contributed by atoms with Crippen LogP contribution in [0.3, 0.4) is 0 Å². The van der Waals surface area contributed by atoms with Crippen LogP contribution in [0.1, 0.15) is 17.2 Å². The van der Waals surface area contributed by atoms with Gasteiger partial charge in [-0.05, 0) is 49.6 Å². The van der Waals surface area contributed by atoms with Crippen LogP contribution in [0.25, 0.3) is 0 Å². The Bertz CT molecular complexity index is 571. The molecule has 0 spiro atoms. The predicted molar refractivity (Wildman–Crippen MR) is 74.7 cm³/mol. The van der Waals surface area contributed by atoms with E-state index in [0.29, 0.717) is 5.56 Å². The van der Waals surface area contributed by atoms with Crippen LogP contribution in [-0.4, -0.2) is 5.11 Å². The van der Waals surface area contributed by atoms with Crippen LogP contribution in [0.5, 0.6) is 0 Å². The highest BCUT2D eigenvalue weighted by molar-refractivity contribution is 9.12. The summed E-state index contributed by atoms with van der Waals surface area (Å²) in [6.07, 6.45) is -0.844. The molecule has 2 rings (SSSR count). The minimum Gasteiger partial charge on any atom is -0.388 e. The van der Waals surface area contributed by atoms with Crippen LogP contribution in [0.4, 0.5) is 8.78 Å². The number of aliphatic hydroxyl groups excluding tert-OH is 1. The summed E-state index contributed by atoms with van der Waals surface area (Å²) in [5, 5.41) is 10.1. The van der Waals surface area contributed by atoms with Gasteiger partial charge < -0.3 is 5.11 Å². The van der Waals surface area contributed by atoms with Gasteiger partial charge in [0, 0.05) is 12.0 Å². The number of aliphatic hydroxyl groups is 1. The fraction of sp³-hybridized carbons (Fsp3) is 0.167. The highest BCUT2D eigenvalue weighted by atomic mass is 79.9. The molecule has 1 N–H and O–H groups in total. The maximum absolute atomic E-state index is 13.5. The van der Waals surface area contributed by atoms with Gasteiger partial charge in [-0.3, -0.25) is 0 Å². The molecule has 6 heteroatoms. The van der Waals surface area contributed by atoms with E-state index in [4.69, 9.17) is 0 Å². The molecule has 0 saturated heterocycles. The van der Waals surface area contributed by atoms with Gasteiger partial charge >= 0.3 is 0 Å². The lowest BCUT2D eigenvalue weighted by atomic mass is 10.0. The number of benzene rings is 1. The van der Waals surface area contributed by atoms with Crippen LogP contribution in [0, 0.1) is 11.6 Å². The fourth-order valence-electron chi connectivity index (χ4n) is 1.60. The molecule has 0 aliphatic rings. The smallest absolute Gasteiger partial charge is 0.162 e. The Kier molecular flexibility index (Phi) is 4.53. The second-order valence-electron chi connectivity index (χ2n) is 3.71. The number of hydrogen-bond donors (Lipinski definition) is 1. The van der Waals surface area contributed by atoms with Gasteiger partial charge in [0.2, 0.25) is 0 Å². The highest BCUT2D eigenvalue weighted by Crippen LogP contribution is 2.36. The number of thiophene rings is 1. The van der Waals surface area contributed by atoms with Gasteiger partial charge in [-0.15, -0.1) is 11.3 Å². The lowest BCUT2D eigenvalue weighted by Gasteiger charge is -2.10. The van der Waals surface area contributed by atoms with Gasteiger partial charge in [0.1, 0.15) is 0 Å². The zero-order valence-electron chi connectivity index (χ0n) is 8.96. The molecular weight excluding hydrogens is 390 g/mol. The zero-order chi connectivity index (χ0) is 13.3. The quantitative estimate of drug-likeness (QED) is 0.786. The van der Waals surface area contributed by atoms with E-state index in [1.165, 1.54) is 23.5 Å². The number of rotatable bonds is 3. The van der Waals surface area contributed by atoms with Crippen molar-refractivity contribution in [2.24, 2.45) is 0 Å². The summed E-state index contributed by atoms with van der Waals surface area (Å²) in [4.78, 5) is 0. The van der Waals surface area contributed by atoms with Crippen molar-refractivity contribution in [1.29, 1.82) is 0 Å². The molecule has 1 aromatic carbocycles. The molecule has 1 aromatic heterocycles. The molecule has 18 heavy (non-hydrogen) atoms. The van der Waals surface area contributed by atoms with Gasteiger partial charge in [0.25, 0.3) is 0 Å². The van der Waals surface area contributed by atoms with E-state index in [2.05, 4.69) is 31.9 Å². The van der Waals surface area contributed by atoms with Gasteiger partial charge in [-0.2, -0.15) is 0 Å². The van der Waals surface area contributed by atoms with E-state index in [1.807, 2.05) is 0 Å². The Balaban J connectivity index is 2.24. The van der Waals surface area contributed by atoms with Gasteiger partial charge in [-0.25, -0.2) is 8.78 Å². The van der Waals surface area contributed by atoms with E-state index >= 15 is 0 Å². The monoisotopic (exact) mass is 396 g/mol. The van der Waals surface area contributed by atoms with Crippen LogP contribution in [0.2, 0.25) is 0 Å². The van der Waals surface area contributed by atoms with Crippen LogP contribution < -0.4 is 0 Å². The molecule has 0 aliphatic heterocycles. The maximum Gasteiger partial charge on any atom is 0.162 e. The summed E-state index contributed by atoms with van der Waals surface area (Å²) < 4.78 is 28.2. The van der Waals surface area contributed by atoms with Crippen LogP contribution in [-0.2, 0) is 6.42 Å². The lowest BCUT2D eigenvalue weighted by Crippen LogP contribution is -2.04. The molecule has 0 saturated carbocycles. The average molecular weight is 398 g/mol. The SMILES string of the molecule is OC(Cc1cccc(F)c1F)c1cc(Br)sc1Br. The molecular formula is C12H8Br2F2OS. The molecule has 1 atom stereocenters. The van der Waals surface area contributed by atoms with Crippen molar-refractivity contribution in [3.05, 3.63) is 54.6 Å². The molecule has 0 bridgehead atoms. The summed E-state index contributed by atoms with van der Waals surface area (Å²) in [6, 6.07) is 5.72. The second-order valence-corrected chi connectivity index (χ2v) is 7.46. The average Bonchev–Trinajstić information content (AvgIpc) is 2.64. The molecule has 1 unspecified atom stereocenters. The number of halogens is 4. The fourth-order valence-corrected chi connectivity index (χ4v) is 4.56. The first-order valence-corrected chi connectivity index (χ1v) is 7.45. The topological polar surface area (TPSA) is 20.2 Å². The van der Waals surface area contributed by atoms with Gasteiger partial charge in [-0.1, -0.05) is 12.1 Å². The van der Waals surface area contributed by atoms with Crippen molar-refractivity contribution in [1.82, 2.24) is 0 Å². The third-order valence-electron chi connectivity index (χ3n) is 2.49. The van der Waals surface area contributed by atoms with Gasteiger partial charge in [0.15, 0.2) is 11.6 Å². The summed E-state index contributed by atoms with van der Waals surface area (Å²) in [7, 11) is 0. The van der Waals surface area contributed by atoms with Crippen molar-refractivity contribution < 1.29 is 13.9 Å². The normalized spacial score (nSPS) is 12.7. The van der Waals surface area contributed by atoms with E-state index in [-0.39, 0.29) is 12.0 Å². The molecule has 0 radical (unpaired) electrons. The van der Waals surface area contributed by atoms with Crippen LogP contribution in [0.15, 0.2) is 31.8 Å². The van der Waals surface area contributed by atoms with Crippen molar-refractivity contribution in [3.63, 3.8) is 0 Å². The summed E-state index contributed by atoms with van der Waals surface area (Å²) >= 11 is 8.05. The minimum atomic E-state index is -0.901. The summed E-state index contributed by atoms with van der Waals surface area (Å²) in [6.45, 7) is 0. The van der Waals surface area contributed by atoms with Gasteiger partial charge in [0.05, 0.1) is 13.7 Å². The molecule has 2 aromatic rings. The third-order valence-corrected chi connectivity index (χ3v) is 4.87. The Morgan fingerprint density at radius 1 is 1.28 bits per heavy atom. The highest BCUT2D eigenvalue weighted by Gasteiger charge is 2.18. The molecule has 1 nitrogen and oxygen atoms in total. The van der Waals surface area contributed by atoms with Crippen molar-refractivity contribution in [2.45, 2.75) is 12.5 Å². The first-order chi connectivity index (χ1) is 8.49. The van der Waals surface area contributed by atoms with E-state index in [1.54, 1.807) is 6.07 Å². The second kappa shape index (κ2) is 5.77. The largest absolute Gasteiger partial charge is 0.388 e. The molecule has 1 heterocycles. The third kappa shape index (κ3) is 2.99. The first-order valence-electron chi connectivity index (χ1n) is 5.04. The predicted octanol–water partition coefficient (Wildman–Crippen LogP) is 4.83. The van der Waals surface area contributed by atoms with Crippen molar-refractivity contribution >= 4 is 43.2 Å². The maximum atomic E-state index is 13.5. The molecule has 0 fully saturated rings. The Hall–Kier alpha value is -0.300. The van der Waals surface area contributed by atoms with E-state index < -0.39 is 17.7 Å². The summed E-state index contributed by atoms with van der Waals surface area (Å²) in [5.41, 5.74) is 0.826.